The van der Waals surface area contributed by atoms with Gasteiger partial charge in [-0.25, -0.2) is 0 Å². The molecule has 2 fully saturated rings. The van der Waals surface area contributed by atoms with Gasteiger partial charge >= 0.3 is 0 Å². The minimum Gasteiger partial charge on any atom is -0.353 e. The Morgan fingerprint density at radius 2 is 1.65 bits per heavy atom. The van der Waals surface area contributed by atoms with Gasteiger partial charge in [0.1, 0.15) is 0 Å². The Morgan fingerprint density at radius 3 is 2.46 bits per heavy atom. The average molecular weight is 351 g/mol. The highest BCUT2D eigenvalue weighted by atomic mass is 16.2. The molecule has 2 aliphatic rings. The Bertz CT molecular complexity index is 807. The molecule has 136 valence electrons. The van der Waals surface area contributed by atoms with E-state index in [9.17, 15) is 9.59 Å². The van der Waals surface area contributed by atoms with E-state index in [1.165, 1.54) is 25.7 Å². The van der Waals surface area contributed by atoms with Crippen LogP contribution in [0, 0.1) is 11.8 Å². The Labute approximate surface area is 153 Å². The van der Waals surface area contributed by atoms with Crippen LogP contribution in [0.2, 0.25) is 0 Å². The molecule has 5 heteroatoms. The molecule has 2 atom stereocenters. The lowest BCUT2D eigenvalue weighted by Crippen LogP contribution is -2.36. The fraction of sp³-hybridized carbons (Fsp3) is 0.476. The van der Waals surface area contributed by atoms with Crippen molar-refractivity contribution >= 4 is 28.4 Å². The van der Waals surface area contributed by atoms with Gasteiger partial charge in [0.15, 0.2) is 0 Å². The summed E-state index contributed by atoms with van der Waals surface area (Å²) in [6, 6.07) is 9.87. The van der Waals surface area contributed by atoms with Gasteiger partial charge in [0, 0.05) is 17.6 Å². The monoisotopic (exact) mass is 351 g/mol. The number of anilines is 1. The van der Waals surface area contributed by atoms with Crippen LogP contribution in [0.5, 0.6) is 0 Å². The van der Waals surface area contributed by atoms with Crippen molar-refractivity contribution in [1.29, 1.82) is 0 Å². The van der Waals surface area contributed by atoms with Gasteiger partial charge in [0.25, 0.3) is 0 Å². The molecule has 0 bridgehead atoms. The van der Waals surface area contributed by atoms with Gasteiger partial charge < -0.3 is 10.6 Å². The summed E-state index contributed by atoms with van der Waals surface area (Å²) in [4.78, 5) is 29.4. The third-order valence-electron chi connectivity index (χ3n) is 5.56. The van der Waals surface area contributed by atoms with Gasteiger partial charge in [-0.2, -0.15) is 0 Å². The zero-order valence-corrected chi connectivity index (χ0v) is 14.9. The van der Waals surface area contributed by atoms with E-state index >= 15 is 0 Å². The van der Waals surface area contributed by atoms with Gasteiger partial charge in [0.2, 0.25) is 11.8 Å². The number of carbonyl (C=O) groups excluding carboxylic acids is 2. The number of hydrogen-bond donors (Lipinski definition) is 2. The smallest absolute Gasteiger partial charge is 0.228 e. The number of pyridine rings is 1. The molecule has 2 unspecified atom stereocenters. The van der Waals surface area contributed by atoms with Crippen molar-refractivity contribution in [2.45, 2.75) is 51.0 Å². The minimum atomic E-state index is -0.222. The fourth-order valence-corrected chi connectivity index (χ4v) is 3.94. The van der Waals surface area contributed by atoms with Crippen molar-refractivity contribution < 1.29 is 9.59 Å². The molecule has 2 saturated carbocycles. The standard InChI is InChI=1S/C21H25N3O2/c25-20(23-15-9-3-1-2-4-10-15)16-13-17(16)21(26)24-18-11-5-7-14-8-6-12-22-19(14)18/h5-8,11-12,15-17H,1-4,9-10,13H2,(H,23,25)(H,24,26). The summed E-state index contributed by atoms with van der Waals surface area (Å²) in [6.07, 6.45) is 9.40. The fourth-order valence-electron chi connectivity index (χ4n) is 3.94. The molecule has 2 aliphatic carbocycles. The van der Waals surface area contributed by atoms with E-state index in [1.54, 1.807) is 6.20 Å². The highest BCUT2D eigenvalue weighted by Gasteiger charge is 2.48. The van der Waals surface area contributed by atoms with Crippen molar-refractivity contribution in [1.82, 2.24) is 10.3 Å². The Kier molecular flexibility index (Phi) is 4.87. The summed E-state index contributed by atoms with van der Waals surface area (Å²) >= 11 is 0. The van der Waals surface area contributed by atoms with E-state index in [4.69, 9.17) is 0 Å². The zero-order valence-electron chi connectivity index (χ0n) is 14.9. The normalized spacial score (nSPS) is 23.2. The van der Waals surface area contributed by atoms with Crippen molar-refractivity contribution in [3.05, 3.63) is 36.5 Å². The molecular formula is C21H25N3O2. The number of para-hydroxylation sites is 1. The summed E-state index contributed by atoms with van der Waals surface area (Å²) in [5, 5.41) is 7.12. The molecule has 2 amide bonds. The molecule has 1 aromatic heterocycles. The Balaban J connectivity index is 1.35. The molecule has 5 nitrogen and oxygen atoms in total. The first-order valence-corrected chi connectivity index (χ1v) is 9.67. The number of nitrogens with zero attached hydrogens (tertiary/aromatic N) is 1. The van der Waals surface area contributed by atoms with Crippen molar-refractivity contribution in [3.8, 4) is 0 Å². The van der Waals surface area contributed by atoms with E-state index in [0.717, 1.165) is 23.7 Å². The van der Waals surface area contributed by atoms with Crippen LogP contribution in [0.25, 0.3) is 10.9 Å². The third kappa shape index (κ3) is 3.71. The van der Waals surface area contributed by atoms with Gasteiger partial charge in [0.05, 0.1) is 23.0 Å². The first kappa shape index (κ1) is 17.0. The maximum atomic E-state index is 12.6. The first-order valence-electron chi connectivity index (χ1n) is 9.67. The molecule has 26 heavy (non-hydrogen) atoms. The van der Waals surface area contributed by atoms with Gasteiger partial charge in [-0.05, 0) is 31.4 Å². The highest BCUT2D eigenvalue weighted by molar-refractivity contribution is 6.04. The van der Waals surface area contributed by atoms with E-state index in [2.05, 4.69) is 15.6 Å². The van der Waals surface area contributed by atoms with Crippen molar-refractivity contribution in [2.75, 3.05) is 5.32 Å². The maximum Gasteiger partial charge on any atom is 0.228 e. The number of nitrogens with one attached hydrogen (secondary N) is 2. The number of aromatic nitrogens is 1. The van der Waals surface area contributed by atoms with Gasteiger partial charge in [-0.3, -0.25) is 14.6 Å². The van der Waals surface area contributed by atoms with Crippen molar-refractivity contribution in [2.24, 2.45) is 11.8 Å². The second kappa shape index (κ2) is 7.44. The number of rotatable bonds is 4. The lowest BCUT2D eigenvalue weighted by atomic mass is 10.1. The van der Waals surface area contributed by atoms with E-state index in [-0.39, 0.29) is 29.7 Å². The van der Waals surface area contributed by atoms with E-state index < -0.39 is 0 Å². The molecule has 2 N–H and O–H groups in total. The second-order valence-corrected chi connectivity index (χ2v) is 7.52. The lowest BCUT2D eigenvalue weighted by Gasteiger charge is -2.16. The number of carbonyl (C=O) groups is 2. The van der Waals surface area contributed by atoms with Crippen LogP contribution >= 0.6 is 0 Å². The maximum absolute atomic E-state index is 12.6. The van der Waals surface area contributed by atoms with Crippen LogP contribution in [0.15, 0.2) is 36.5 Å². The molecule has 0 saturated heterocycles. The van der Waals surface area contributed by atoms with E-state index in [0.29, 0.717) is 12.1 Å². The molecule has 1 heterocycles. The Morgan fingerprint density at radius 1 is 0.923 bits per heavy atom. The molecule has 1 aromatic carbocycles. The van der Waals surface area contributed by atoms with Crippen LogP contribution in [-0.4, -0.2) is 22.8 Å². The average Bonchev–Trinajstić information content (AvgIpc) is 3.47. The first-order chi connectivity index (χ1) is 12.7. The van der Waals surface area contributed by atoms with Crippen LogP contribution in [-0.2, 0) is 9.59 Å². The summed E-state index contributed by atoms with van der Waals surface area (Å²) in [6.45, 7) is 0. The Hall–Kier alpha value is -2.43. The minimum absolute atomic E-state index is 0.0492. The molecule has 0 aliphatic heterocycles. The number of benzene rings is 1. The van der Waals surface area contributed by atoms with Gasteiger partial charge in [-0.1, -0.05) is 43.9 Å². The summed E-state index contributed by atoms with van der Waals surface area (Å²) in [5.41, 5.74) is 1.49. The summed E-state index contributed by atoms with van der Waals surface area (Å²) in [7, 11) is 0. The summed E-state index contributed by atoms with van der Waals surface area (Å²) < 4.78 is 0. The third-order valence-corrected chi connectivity index (χ3v) is 5.56. The zero-order chi connectivity index (χ0) is 17.9. The molecule has 2 aromatic rings. The molecular weight excluding hydrogens is 326 g/mol. The number of hydrogen-bond acceptors (Lipinski definition) is 3. The van der Waals surface area contributed by atoms with Crippen LogP contribution < -0.4 is 10.6 Å². The van der Waals surface area contributed by atoms with Crippen molar-refractivity contribution in [3.63, 3.8) is 0 Å². The molecule has 0 radical (unpaired) electrons. The summed E-state index contributed by atoms with van der Waals surface area (Å²) in [5.74, 6) is -0.432. The quantitative estimate of drug-likeness (QED) is 0.826. The van der Waals surface area contributed by atoms with Crippen LogP contribution in [0.4, 0.5) is 5.69 Å². The molecule has 4 rings (SSSR count). The number of fused-ring (bicyclic) bond motifs is 1. The second-order valence-electron chi connectivity index (χ2n) is 7.52. The lowest BCUT2D eigenvalue weighted by molar-refractivity contribution is -0.125. The van der Waals surface area contributed by atoms with Crippen LogP contribution in [0.1, 0.15) is 44.9 Å². The molecule has 0 spiro atoms. The SMILES string of the molecule is O=C(Nc1cccc2cccnc12)C1CC1C(=O)NC1CCCCCC1. The topological polar surface area (TPSA) is 71.1 Å². The van der Waals surface area contributed by atoms with Gasteiger partial charge in [-0.15, -0.1) is 0 Å². The predicted molar refractivity (Wildman–Crippen MR) is 102 cm³/mol. The van der Waals surface area contributed by atoms with E-state index in [1.807, 2.05) is 30.3 Å². The predicted octanol–water partition coefficient (Wildman–Crippen LogP) is 3.65. The van der Waals surface area contributed by atoms with Crippen LogP contribution in [0.3, 0.4) is 0 Å². The largest absolute Gasteiger partial charge is 0.353 e. The number of amides is 2. The highest BCUT2D eigenvalue weighted by Crippen LogP contribution is 2.40.